The maximum atomic E-state index is 12.1. The lowest BCUT2D eigenvalue weighted by Crippen LogP contribution is -2.22. The average molecular weight is 232 g/mol. The number of fused-ring (bicyclic) bond motifs is 1. The van der Waals surface area contributed by atoms with Crippen molar-refractivity contribution in [2.75, 3.05) is 0 Å². The summed E-state index contributed by atoms with van der Waals surface area (Å²) in [6.45, 7) is 2.92. The number of aryl methyl sites for hydroxylation is 1. The van der Waals surface area contributed by atoms with Crippen LogP contribution in [0.5, 0.6) is 0 Å². The van der Waals surface area contributed by atoms with Crippen molar-refractivity contribution in [3.8, 4) is 0 Å². The molecule has 0 aromatic carbocycles. The zero-order chi connectivity index (χ0) is 11.8. The lowest BCUT2D eigenvalue weighted by Gasteiger charge is -2.04. The fourth-order valence-electron chi connectivity index (χ4n) is 2.09. The van der Waals surface area contributed by atoms with Gasteiger partial charge in [0.15, 0.2) is 0 Å². The highest BCUT2D eigenvalue weighted by Gasteiger charge is 2.22. The summed E-state index contributed by atoms with van der Waals surface area (Å²) >= 11 is 0. The minimum Gasteiger partial charge on any atom is -0.311 e. The molecule has 1 aliphatic rings. The number of nitrogens with zero attached hydrogens (tertiary/aromatic N) is 4. The van der Waals surface area contributed by atoms with Gasteiger partial charge in [-0.25, -0.2) is 0 Å². The third-order valence-electron chi connectivity index (χ3n) is 3.24. The number of aromatic nitrogens is 4. The molecule has 3 rings (SSSR count). The summed E-state index contributed by atoms with van der Waals surface area (Å²) in [5.74, 6) is 1.56. The molecule has 2 aromatic rings. The van der Waals surface area contributed by atoms with E-state index in [1.165, 1.54) is 12.8 Å². The first kappa shape index (κ1) is 10.5. The first-order valence-corrected chi connectivity index (χ1v) is 6.22. The Kier molecular flexibility index (Phi) is 2.46. The monoisotopic (exact) mass is 232 g/mol. The minimum atomic E-state index is -0.0192. The lowest BCUT2D eigenvalue weighted by atomic mass is 10.3. The van der Waals surface area contributed by atoms with Gasteiger partial charge in [-0.05, 0) is 25.2 Å². The first-order valence-electron chi connectivity index (χ1n) is 6.22. The average Bonchev–Trinajstić information content (AvgIpc) is 3.04. The molecule has 5 nitrogen and oxygen atoms in total. The molecule has 2 aromatic heterocycles. The molecule has 90 valence electrons. The molecule has 0 bridgehead atoms. The summed E-state index contributed by atoms with van der Waals surface area (Å²) in [6.07, 6.45) is 8.11. The first-order chi connectivity index (χ1) is 8.29. The molecule has 0 N–H and O–H groups in total. The fraction of sp³-hybridized carbons (Fsp3) is 0.583. The Morgan fingerprint density at radius 1 is 1.35 bits per heavy atom. The Labute approximate surface area is 99.1 Å². The Hall–Kier alpha value is -1.65. The van der Waals surface area contributed by atoms with Crippen LogP contribution in [0.2, 0.25) is 0 Å². The van der Waals surface area contributed by atoms with Gasteiger partial charge in [0.05, 0.1) is 0 Å². The van der Waals surface area contributed by atoms with Crippen molar-refractivity contribution in [2.24, 2.45) is 5.92 Å². The number of hydrogen-bond acceptors (Lipinski definition) is 3. The van der Waals surface area contributed by atoms with Gasteiger partial charge in [-0.3, -0.25) is 9.20 Å². The van der Waals surface area contributed by atoms with Gasteiger partial charge in [0.1, 0.15) is 5.82 Å². The van der Waals surface area contributed by atoms with Gasteiger partial charge in [-0.2, -0.15) is 0 Å². The summed E-state index contributed by atoms with van der Waals surface area (Å²) in [5.41, 5.74) is 0.436. The van der Waals surface area contributed by atoms with Crippen LogP contribution in [0.15, 0.2) is 17.2 Å². The van der Waals surface area contributed by atoms with Gasteiger partial charge >= 0.3 is 0 Å². The predicted octanol–water partition coefficient (Wildman–Crippen LogP) is 1.25. The van der Waals surface area contributed by atoms with Crippen LogP contribution < -0.4 is 5.56 Å². The van der Waals surface area contributed by atoms with Crippen molar-refractivity contribution in [3.63, 3.8) is 0 Å². The molecule has 0 aliphatic heterocycles. The second-order valence-electron chi connectivity index (χ2n) is 4.76. The summed E-state index contributed by atoms with van der Waals surface area (Å²) in [6, 6.07) is 0. The smallest absolute Gasteiger partial charge is 0.296 e. The van der Waals surface area contributed by atoms with E-state index in [0.717, 1.165) is 25.2 Å². The standard InChI is InChI=1S/C12H16N4O/c1-2-3-10-13-14-11-12(17)15(6-7-16(10)11)8-9-4-5-9/h6-7,9H,2-5,8H2,1H3. The highest BCUT2D eigenvalue weighted by Crippen LogP contribution is 2.29. The van der Waals surface area contributed by atoms with Crippen LogP contribution in [-0.4, -0.2) is 19.2 Å². The summed E-state index contributed by atoms with van der Waals surface area (Å²) in [7, 11) is 0. The van der Waals surface area contributed by atoms with Crippen LogP contribution in [0.1, 0.15) is 32.0 Å². The number of rotatable bonds is 4. The van der Waals surface area contributed by atoms with Crippen LogP contribution >= 0.6 is 0 Å². The molecule has 1 fully saturated rings. The van der Waals surface area contributed by atoms with Crippen molar-refractivity contribution in [3.05, 3.63) is 28.6 Å². The van der Waals surface area contributed by atoms with Crippen LogP contribution in [0, 0.1) is 5.92 Å². The molecular weight excluding hydrogens is 216 g/mol. The molecule has 1 saturated carbocycles. The molecule has 0 amide bonds. The van der Waals surface area contributed by atoms with Crippen molar-refractivity contribution >= 4 is 5.65 Å². The van der Waals surface area contributed by atoms with E-state index in [-0.39, 0.29) is 5.56 Å². The minimum absolute atomic E-state index is 0.0192. The van der Waals surface area contributed by atoms with Gasteiger partial charge in [-0.1, -0.05) is 6.92 Å². The Morgan fingerprint density at radius 3 is 2.88 bits per heavy atom. The molecule has 0 radical (unpaired) electrons. The van der Waals surface area contributed by atoms with Crippen LogP contribution in [0.25, 0.3) is 5.65 Å². The van der Waals surface area contributed by atoms with E-state index in [1.807, 2.05) is 16.8 Å². The van der Waals surface area contributed by atoms with Gasteiger partial charge in [0, 0.05) is 25.4 Å². The normalized spacial score (nSPS) is 15.6. The van der Waals surface area contributed by atoms with Crippen LogP contribution in [0.3, 0.4) is 0 Å². The summed E-state index contributed by atoms with van der Waals surface area (Å²) in [4.78, 5) is 12.1. The van der Waals surface area contributed by atoms with E-state index < -0.39 is 0 Å². The molecule has 2 heterocycles. The maximum Gasteiger partial charge on any atom is 0.296 e. The van der Waals surface area contributed by atoms with Crippen molar-refractivity contribution in [1.82, 2.24) is 19.2 Å². The van der Waals surface area contributed by atoms with Gasteiger partial charge in [-0.15, -0.1) is 10.2 Å². The molecular formula is C12H16N4O. The lowest BCUT2D eigenvalue weighted by molar-refractivity contribution is 0.603. The molecule has 0 unspecified atom stereocenters. The third kappa shape index (κ3) is 1.85. The van der Waals surface area contributed by atoms with Crippen molar-refractivity contribution < 1.29 is 0 Å². The van der Waals surface area contributed by atoms with Gasteiger partial charge in [0.2, 0.25) is 5.65 Å². The SMILES string of the molecule is CCCc1nnc2c(=O)n(CC3CC3)ccn12. The molecule has 0 spiro atoms. The largest absolute Gasteiger partial charge is 0.311 e. The predicted molar refractivity (Wildman–Crippen MR) is 64.0 cm³/mol. The van der Waals surface area contributed by atoms with Crippen molar-refractivity contribution in [1.29, 1.82) is 0 Å². The van der Waals surface area contributed by atoms with E-state index in [2.05, 4.69) is 17.1 Å². The number of hydrogen-bond donors (Lipinski definition) is 0. The van der Waals surface area contributed by atoms with Crippen LogP contribution in [-0.2, 0) is 13.0 Å². The Bertz CT molecular complexity index is 594. The fourth-order valence-corrected chi connectivity index (χ4v) is 2.09. The zero-order valence-electron chi connectivity index (χ0n) is 9.96. The second-order valence-corrected chi connectivity index (χ2v) is 4.76. The molecule has 17 heavy (non-hydrogen) atoms. The van der Waals surface area contributed by atoms with E-state index in [4.69, 9.17) is 0 Å². The van der Waals surface area contributed by atoms with Crippen molar-refractivity contribution in [2.45, 2.75) is 39.2 Å². The van der Waals surface area contributed by atoms with E-state index >= 15 is 0 Å². The molecule has 1 aliphatic carbocycles. The second kappa shape index (κ2) is 3.98. The zero-order valence-corrected chi connectivity index (χ0v) is 9.96. The molecule has 0 saturated heterocycles. The third-order valence-corrected chi connectivity index (χ3v) is 3.24. The highest BCUT2D eigenvalue weighted by molar-refractivity contribution is 5.34. The van der Waals surface area contributed by atoms with E-state index in [1.54, 1.807) is 4.57 Å². The van der Waals surface area contributed by atoms with E-state index in [0.29, 0.717) is 11.6 Å². The van der Waals surface area contributed by atoms with Crippen LogP contribution in [0.4, 0.5) is 0 Å². The topological polar surface area (TPSA) is 52.2 Å². The molecule has 0 atom stereocenters. The van der Waals surface area contributed by atoms with Gasteiger partial charge in [0.25, 0.3) is 5.56 Å². The molecule has 5 heteroatoms. The Morgan fingerprint density at radius 2 is 2.18 bits per heavy atom. The van der Waals surface area contributed by atoms with E-state index in [9.17, 15) is 4.79 Å². The van der Waals surface area contributed by atoms with Gasteiger partial charge < -0.3 is 4.57 Å². The quantitative estimate of drug-likeness (QED) is 0.797. The Balaban J connectivity index is 2.05. The highest BCUT2D eigenvalue weighted by atomic mass is 16.1. The summed E-state index contributed by atoms with van der Waals surface area (Å²) in [5, 5.41) is 8.09. The summed E-state index contributed by atoms with van der Waals surface area (Å²) < 4.78 is 3.58. The maximum absolute atomic E-state index is 12.1.